The summed E-state index contributed by atoms with van der Waals surface area (Å²) < 4.78 is 0. The van der Waals surface area contributed by atoms with Crippen molar-refractivity contribution in [2.75, 3.05) is 0 Å². The lowest BCUT2D eigenvalue weighted by Crippen LogP contribution is -2.39. The lowest BCUT2D eigenvalue weighted by molar-refractivity contribution is 1.44. The quantitative estimate of drug-likeness (QED) is 0.719. The standard InChI is InChI=1S/C17H20Si/c1-15-9-7-8-10-16(15)13-14-18(2,3)17-11-5-4-6-12-17/h4-14H,1-3H3/b14-13-. The van der Waals surface area contributed by atoms with E-state index in [2.05, 4.69) is 86.4 Å². The average molecular weight is 252 g/mol. The second-order valence-corrected chi connectivity index (χ2v) is 9.63. The summed E-state index contributed by atoms with van der Waals surface area (Å²) in [5.41, 5.74) is 5.09. The van der Waals surface area contributed by atoms with E-state index in [4.69, 9.17) is 0 Å². The molecule has 2 aromatic carbocycles. The highest BCUT2D eigenvalue weighted by Crippen LogP contribution is 2.12. The molecule has 0 fully saturated rings. The minimum Gasteiger partial charge on any atom is -0.0897 e. The number of aryl methyl sites for hydroxylation is 1. The average Bonchev–Trinajstić information content (AvgIpc) is 2.39. The number of hydrogen-bond donors (Lipinski definition) is 0. The van der Waals surface area contributed by atoms with Crippen molar-refractivity contribution < 1.29 is 0 Å². The Morgan fingerprint density at radius 1 is 0.833 bits per heavy atom. The van der Waals surface area contributed by atoms with E-state index in [1.54, 1.807) is 0 Å². The Hall–Kier alpha value is -1.60. The van der Waals surface area contributed by atoms with Crippen molar-refractivity contribution in [3.63, 3.8) is 0 Å². The SMILES string of the molecule is Cc1ccccc1/C=C\[Si](C)(C)c1ccccc1. The molecule has 0 unspecified atom stereocenters. The Labute approximate surface area is 111 Å². The summed E-state index contributed by atoms with van der Waals surface area (Å²) in [6.07, 6.45) is 2.29. The zero-order valence-corrected chi connectivity index (χ0v) is 12.4. The summed E-state index contributed by atoms with van der Waals surface area (Å²) in [4.78, 5) is 0. The number of rotatable bonds is 3. The van der Waals surface area contributed by atoms with Gasteiger partial charge in [0.05, 0.1) is 0 Å². The summed E-state index contributed by atoms with van der Waals surface area (Å²) in [6.45, 7) is 6.94. The van der Waals surface area contributed by atoms with E-state index in [1.165, 1.54) is 16.3 Å². The first-order valence-electron chi connectivity index (χ1n) is 6.40. The van der Waals surface area contributed by atoms with Crippen molar-refractivity contribution >= 4 is 19.3 Å². The van der Waals surface area contributed by atoms with Gasteiger partial charge in [-0.3, -0.25) is 0 Å². The molecule has 0 aliphatic heterocycles. The monoisotopic (exact) mass is 252 g/mol. The van der Waals surface area contributed by atoms with E-state index in [9.17, 15) is 0 Å². The van der Waals surface area contributed by atoms with Crippen LogP contribution in [0.2, 0.25) is 13.1 Å². The van der Waals surface area contributed by atoms with Gasteiger partial charge in [0.15, 0.2) is 0 Å². The minimum absolute atomic E-state index is 1.33. The molecule has 0 bridgehead atoms. The third kappa shape index (κ3) is 2.99. The molecule has 0 aliphatic rings. The van der Waals surface area contributed by atoms with E-state index in [0.717, 1.165) is 0 Å². The van der Waals surface area contributed by atoms with Crippen LogP contribution < -0.4 is 5.19 Å². The zero-order chi connectivity index (χ0) is 13.0. The van der Waals surface area contributed by atoms with Crippen molar-refractivity contribution in [2.24, 2.45) is 0 Å². The smallest absolute Gasteiger partial charge is 0.0897 e. The highest BCUT2D eigenvalue weighted by Gasteiger charge is 2.18. The molecule has 0 aliphatic carbocycles. The molecule has 92 valence electrons. The van der Waals surface area contributed by atoms with E-state index in [1.807, 2.05) is 0 Å². The highest BCUT2D eigenvalue weighted by atomic mass is 28.3. The maximum atomic E-state index is 2.42. The largest absolute Gasteiger partial charge is 0.104 e. The maximum Gasteiger partial charge on any atom is 0.104 e. The molecule has 0 atom stereocenters. The van der Waals surface area contributed by atoms with Gasteiger partial charge >= 0.3 is 0 Å². The van der Waals surface area contributed by atoms with Gasteiger partial charge in [0.1, 0.15) is 8.07 Å². The number of hydrogen-bond acceptors (Lipinski definition) is 0. The Balaban J connectivity index is 2.26. The van der Waals surface area contributed by atoms with Gasteiger partial charge < -0.3 is 0 Å². The van der Waals surface area contributed by atoms with Crippen molar-refractivity contribution in [1.29, 1.82) is 0 Å². The van der Waals surface area contributed by atoms with E-state index < -0.39 is 8.07 Å². The van der Waals surface area contributed by atoms with Crippen LogP contribution in [0.5, 0.6) is 0 Å². The molecule has 0 spiro atoms. The zero-order valence-electron chi connectivity index (χ0n) is 11.4. The van der Waals surface area contributed by atoms with Crippen LogP contribution in [-0.4, -0.2) is 8.07 Å². The molecule has 0 saturated heterocycles. The second-order valence-electron chi connectivity index (χ2n) is 5.28. The molecule has 0 aromatic heterocycles. The van der Waals surface area contributed by atoms with Crippen molar-refractivity contribution in [1.82, 2.24) is 0 Å². The molecule has 0 nitrogen and oxygen atoms in total. The Kier molecular flexibility index (Phi) is 3.83. The minimum atomic E-state index is -1.47. The Morgan fingerprint density at radius 3 is 2.11 bits per heavy atom. The molecule has 2 rings (SSSR count). The molecule has 2 aromatic rings. The van der Waals surface area contributed by atoms with Crippen LogP contribution >= 0.6 is 0 Å². The number of benzene rings is 2. The normalized spacial score (nSPS) is 11.9. The molecular formula is C17H20Si. The fourth-order valence-electron chi connectivity index (χ4n) is 2.04. The first-order chi connectivity index (χ1) is 8.59. The van der Waals surface area contributed by atoms with Gasteiger partial charge in [0.25, 0.3) is 0 Å². The predicted octanol–water partition coefficient (Wildman–Crippen LogP) is 4.16. The van der Waals surface area contributed by atoms with E-state index in [0.29, 0.717) is 0 Å². The molecule has 1 heteroatoms. The summed E-state index contributed by atoms with van der Waals surface area (Å²) in [5.74, 6) is 0. The molecule has 0 radical (unpaired) electrons. The molecule has 0 N–H and O–H groups in total. The highest BCUT2D eigenvalue weighted by molar-refractivity contribution is 6.94. The van der Waals surface area contributed by atoms with Crippen molar-refractivity contribution in [3.05, 3.63) is 71.4 Å². The van der Waals surface area contributed by atoms with Crippen LogP contribution in [0.4, 0.5) is 0 Å². The van der Waals surface area contributed by atoms with Crippen molar-refractivity contribution in [3.8, 4) is 0 Å². The van der Waals surface area contributed by atoms with Gasteiger partial charge in [-0.25, -0.2) is 0 Å². The third-order valence-corrected chi connectivity index (χ3v) is 6.21. The van der Waals surface area contributed by atoms with Gasteiger partial charge in [0.2, 0.25) is 0 Å². The van der Waals surface area contributed by atoms with Crippen LogP contribution in [0.3, 0.4) is 0 Å². The maximum absolute atomic E-state index is 2.42. The van der Waals surface area contributed by atoms with Gasteiger partial charge in [-0.1, -0.05) is 84.7 Å². The Morgan fingerprint density at radius 2 is 1.44 bits per heavy atom. The summed E-state index contributed by atoms with van der Waals surface area (Å²) >= 11 is 0. The van der Waals surface area contributed by atoms with Gasteiger partial charge in [0, 0.05) is 0 Å². The third-order valence-electron chi connectivity index (χ3n) is 3.39. The molecule has 0 heterocycles. The van der Waals surface area contributed by atoms with Crippen LogP contribution in [0.25, 0.3) is 6.08 Å². The molecule has 18 heavy (non-hydrogen) atoms. The first-order valence-corrected chi connectivity index (χ1v) is 9.48. The van der Waals surface area contributed by atoms with Gasteiger partial charge in [-0.05, 0) is 18.1 Å². The predicted molar refractivity (Wildman–Crippen MR) is 83.8 cm³/mol. The van der Waals surface area contributed by atoms with E-state index >= 15 is 0 Å². The molecular weight excluding hydrogens is 232 g/mol. The fraction of sp³-hybridized carbons (Fsp3) is 0.176. The van der Waals surface area contributed by atoms with Crippen LogP contribution in [0.1, 0.15) is 11.1 Å². The fourth-order valence-corrected chi connectivity index (χ4v) is 3.88. The van der Waals surface area contributed by atoms with Gasteiger partial charge in [-0.2, -0.15) is 0 Å². The lowest BCUT2D eigenvalue weighted by Gasteiger charge is -2.18. The Bertz CT molecular complexity index is 539. The van der Waals surface area contributed by atoms with E-state index in [-0.39, 0.29) is 0 Å². The summed E-state index contributed by atoms with van der Waals surface area (Å²) in [5, 5.41) is 1.48. The van der Waals surface area contributed by atoms with Crippen molar-refractivity contribution in [2.45, 2.75) is 20.0 Å². The van der Waals surface area contributed by atoms with Crippen LogP contribution in [-0.2, 0) is 0 Å². The second kappa shape index (κ2) is 5.36. The first kappa shape index (κ1) is 12.8. The molecule has 0 amide bonds. The summed E-state index contributed by atoms with van der Waals surface area (Å²) in [7, 11) is -1.47. The molecule has 0 saturated carbocycles. The summed E-state index contributed by atoms with van der Waals surface area (Å²) in [6, 6.07) is 19.4. The topological polar surface area (TPSA) is 0 Å². The van der Waals surface area contributed by atoms with Gasteiger partial charge in [-0.15, -0.1) is 0 Å². The lowest BCUT2D eigenvalue weighted by atomic mass is 10.1. The van der Waals surface area contributed by atoms with Crippen LogP contribution in [0.15, 0.2) is 60.3 Å². The van der Waals surface area contributed by atoms with Crippen LogP contribution in [0, 0.1) is 6.92 Å².